The van der Waals surface area contributed by atoms with E-state index in [9.17, 15) is 0 Å². The molecule has 1 heterocycles. The summed E-state index contributed by atoms with van der Waals surface area (Å²) in [5.74, 6) is 0. The van der Waals surface area contributed by atoms with Gasteiger partial charge in [0.05, 0.1) is 0 Å². The van der Waals surface area contributed by atoms with Crippen molar-refractivity contribution in [1.82, 2.24) is 9.55 Å². The minimum Gasteiger partial charge on any atom is -0.337 e. The Morgan fingerprint density at radius 2 is 2.38 bits per heavy atom. The highest BCUT2D eigenvalue weighted by Crippen LogP contribution is 2.11. The summed E-state index contributed by atoms with van der Waals surface area (Å²) in [4.78, 5) is 3.09. The first kappa shape index (κ1) is 10.9. The van der Waals surface area contributed by atoms with Crippen molar-refractivity contribution >= 4 is 24.0 Å². The average molecular weight is 216 g/mol. The molecule has 0 aromatic carbocycles. The second kappa shape index (κ2) is 4.86. The molecule has 0 spiro atoms. The molecule has 1 aromatic heterocycles. The third-order valence-corrected chi connectivity index (χ3v) is 3.45. The molecule has 1 unspecified atom stereocenters. The second-order valence-electron chi connectivity index (χ2n) is 3.10. The van der Waals surface area contributed by atoms with Crippen molar-refractivity contribution in [2.24, 2.45) is 0 Å². The fourth-order valence-corrected chi connectivity index (χ4v) is 1.80. The number of hydrogen-bond donors (Lipinski definition) is 1. The molecule has 0 saturated carbocycles. The van der Waals surface area contributed by atoms with E-state index < -0.39 is 0 Å². The van der Waals surface area contributed by atoms with Crippen LogP contribution in [0.5, 0.6) is 0 Å². The molecule has 1 N–H and O–H groups in total. The van der Waals surface area contributed by atoms with Crippen molar-refractivity contribution in [1.29, 1.82) is 0 Å². The molecule has 0 aliphatic rings. The lowest BCUT2D eigenvalue weighted by molar-refractivity contribution is 0.653. The van der Waals surface area contributed by atoms with E-state index in [1.54, 1.807) is 0 Å². The van der Waals surface area contributed by atoms with Crippen molar-refractivity contribution in [3.63, 3.8) is 0 Å². The van der Waals surface area contributed by atoms with Gasteiger partial charge in [0.1, 0.15) is 0 Å². The van der Waals surface area contributed by atoms with Crippen molar-refractivity contribution in [3.8, 4) is 0 Å². The van der Waals surface area contributed by atoms with Gasteiger partial charge in [0, 0.05) is 23.7 Å². The molecule has 0 aliphatic heterocycles. The minimum atomic E-state index is 0.618. The molecule has 13 heavy (non-hydrogen) atoms. The van der Waals surface area contributed by atoms with Crippen LogP contribution in [0.3, 0.4) is 0 Å². The highest BCUT2D eigenvalue weighted by Gasteiger charge is 2.05. The van der Waals surface area contributed by atoms with E-state index >= 15 is 0 Å². The number of aromatic nitrogens is 2. The number of nitrogens with zero attached hydrogens (tertiary/aromatic N) is 1. The first-order valence-electron chi connectivity index (χ1n) is 4.49. The van der Waals surface area contributed by atoms with E-state index in [1.807, 2.05) is 18.0 Å². The first-order valence-corrected chi connectivity index (χ1v) is 6.18. The Labute approximate surface area is 88.7 Å². The number of H-pyrrole nitrogens is 1. The minimum absolute atomic E-state index is 0.618. The molecule has 2 nitrogen and oxygen atoms in total. The highest BCUT2D eigenvalue weighted by molar-refractivity contribution is 7.99. The number of nitrogens with one attached hydrogen (secondary N) is 1. The zero-order valence-corrected chi connectivity index (χ0v) is 9.97. The first-order chi connectivity index (χ1) is 6.19. The van der Waals surface area contributed by atoms with Crippen LogP contribution < -0.4 is 0 Å². The van der Waals surface area contributed by atoms with Crippen molar-refractivity contribution in [2.45, 2.75) is 32.1 Å². The summed E-state index contributed by atoms with van der Waals surface area (Å²) < 4.78 is 3.04. The fourth-order valence-electron chi connectivity index (χ4n) is 1.26. The van der Waals surface area contributed by atoms with Crippen molar-refractivity contribution in [2.75, 3.05) is 6.26 Å². The lowest BCUT2D eigenvalue weighted by Gasteiger charge is -2.11. The van der Waals surface area contributed by atoms with Gasteiger partial charge in [0.15, 0.2) is 4.77 Å². The molecular formula is C9H16N2S2. The van der Waals surface area contributed by atoms with Crippen LogP contribution in [-0.2, 0) is 13.0 Å². The molecule has 0 aliphatic carbocycles. The zero-order valence-electron chi connectivity index (χ0n) is 8.33. The van der Waals surface area contributed by atoms with Crippen LogP contribution in [0.4, 0.5) is 0 Å². The Balaban J connectivity index is 2.85. The van der Waals surface area contributed by atoms with Gasteiger partial charge in [-0.15, -0.1) is 0 Å². The lowest BCUT2D eigenvalue weighted by Crippen LogP contribution is -2.11. The van der Waals surface area contributed by atoms with E-state index in [2.05, 4.69) is 29.7 Å². The van der Waals surface area contributed by atoms with Crippen LogP contribution in [0.2, 0.25) is 0 Å². The summed E-state index contributed by atoms with van der Waals surface area (Å²) in [6.45, 7) is 5.38. The maximum absolute atomic E-state index is 5.20. The summed E-state index contributed by atoms with van der Waals surface area (Å²) in [5.41, 5.74) is 1.30. The summed E-state index contributed by atoms with van der Waals surface area (Å²) >= 11 is 7.07. The molecule has 0 fully saturated rings. The largest absolute Gasteiger partial charge is 0.337 e. The molecule has 1 rings (SSSR count). The van der Waals surface area contributed by atoms with Gasteiger partial charge in [0.25, 0.3) is 0 Å². The normalized spacial score (nSPS) is 13.2. The zero-order chi connectivity index (χ0) is 9.84. The van der Waals surface area contributed by atoms with Crippen LogP contribution in [0.15, 0.2) is 6.20 Å². The Morgan fingerprint density at radius 1 is 1.69 bits per heavy atom. The van der Waals surface area contributed by atoms with E-state index in [4.69, 9.17) is 12.2 Å². The van der Waals surface area contributed by atoms with E-state index in [1.165, 1.54) is 5.69 Å². The summed E-state index contributed by atoms with van der Waals surface area (Å²) in [6.07, 6.45) is 5.18. The molecule has 0 amide bonds. The molecule has 0 radical (unpaired) electrons. The Morgan fingerprint density at radius 3 is 2.92 bits per heavy atom. The van der Waals surface area contributed by atoms with E-state index in [0.717, 1.165) is 17.7 Å². The molecule has 1 aromatic rings. The quantitative estimate of drug-likeness (QED) is 0.781. The molecular weight excluding hydrogens is 200 g/mol. The highest BCUT2D eigenvalue weighted by atomic mass is 32.2. The van der Waals surface area contributed by atoms with E-state index in [0.29, 0.717) is 5.25 Å². The molecule has 0 saturated heterocycles. The summed E-state index contributed by atoms with van der Waals surface area (Å²) in [7, 11) is 0. The SMILES string of the molecule is CCc1c[nH]c(=S)n1CC(C)SC. The topological polar surface area (TPSA) is 20.7 Å². The van der Waals surface area contributed by atoms with Crippen LogP contribution >= 0.6 is 24.0 Å². The maximum Gasteiger partial charge on any atom is 0.177 e. The Bertz CT molecular complexity index is 314. The summed E-state index contributed by atoms with van der Waals surface area (Å²) in [6, 6.07) is 0. The number of imidazole rings is 1. The predicted molar refractivity (Wildman–Crippen MR) is 62.0 cm³/mol. The second-order valence-corrected chi connectivity index (χ2v) is 4.76. The van der Waals surface area contributed by atoms with E-state index in [-0.39, 0.29) is 0 Å². The molecule has 4 heteroatoms. The lowest BCUT2D eigenvalue weighted by atomic mass is 10.3. The fraction of sp³-hybridized carbons (Fsp3) is 0.667. The van der Waals surface area contributed by atoms with Crippen molar-refractivity contribution in [3.05, 3.63) is 16.7 Å². The van der Waals surface area contributed by atoms with Crippen molar-refractivity contribution < 1.29 is 0 Å². The standard InChI is InChI=1S/C9H16N2S2/c1-4-8-5-10-9(12)11(8)6-7(2)13-3/h5,7H,4,6H2,1-3H3,(H,10,12). The van der Waals surface area contributed by atoms with Gasteiger partial charge in [-0.1, -0.05) is 13.8 Å². The number of hydrogen-bond acceptors (Lipinski definition) is 2. The monoisotopic (exact) mass is 216 g/mol. The predicted octanol–water partition coefficient (Wildman–Crippen LogP) is 2.86. The number of aromatic amines is 1. The average Bonchev–Trinajstić information content (AvgIpc) is 2.48. The number of aryl methyl sites for hydroxylation is 1. The molecule has 1 atom stereocenters. The Kier molecular flexibility index (Phi) is 4.06. The third-order valence-electron chi connectivity index (χ3n) is 2.16. The van der Waals surface area contributed by atoms with Gasteiger partial charge in [-0.05, 0) is 24.9 Å². The molecule has 74 valence electrons. The maximum atomic E-state index is 5.20. The number of thioether (sulfide) groups is 1. The van der Waals surface area contributed by atoms with Gasteiger partial charge in [0.2, 0.25) is 0 Å². The summed E-state index contributed by atoms with van der Waals surface area (Å²) in [5, 5.41) is 0.618. The molecule has 0 bridgehead atoms. The Hall–Kier alpha value is -0.220. The van der Waals surface area contributed by atoms with Gasteiger partial charge >= 0.3 is 0 Å². The van der Waals surface area contributed by atoms with Crippen LogP contribution in [-0.4, -0.2) is 21.1 Å². The van der Waals surface area contributed by atoms with Crippen LogP contribution in [0.1, 0.15) is 19.5 Å². The van der Waals surface area contributed by atoms with Gasteiger partial charge in [-0.3, -0.25) is 0 Å². The van der Waals surface area contributed by atoms with Crippen LogP contribution in [0, 0.1) is 4.77 Å². The van der Waals surface area contributed by atoms with Gasteiger partial charge in [-0.25, -0.2) is 0 Å². The third kappa shape index (κ3) is 2.61. The van der Waals surface area contributed by atoms with Crippen LogP contribution in [0.25, 0.3) is 0 Å². The number of rotatable bonds is 4. The smallest absolute Gasteiger partial charge is 0.177 e. The van der Waals surface area contributed by atoms with Gasteiger partial charge in [-0.2, -0.15) is 11.8 Å². The van der Waals surface area contributed by atoms with Gasteiger partial charge < -0.3 is 9.55 Å².